The van der Waals surface area contributed by atoms with Crippen LogP contribution in [0.5, 0.6) is 5.75 Å². The maximum atomic E-state index is 12.2. The van der Waals surface area contributed by atoms with Gasteiger partial charge in [-0.05, 0) is 63.8 Å². The minimum atomic E-state index is -0.471. The summed E-state index contributed by atoms with van der Waals surface area (Å²) in [7, 11) is 1.66. The molecule has 1 amide bonds. The average Bonchev–Trinajstić information content (AvgIpc) is 2.45. The Morgan fingerprint density at radius 1 is 1.26 bits per heavy atom. The van der Waals surface area contributed by atoms with Gasteiger partial charge in [-0.1, -0.05) is 6.07 Å². The maximum absolute atomic E-state index is 12.2. The normalized spacial score (nSPS) is 17.7. The Labute approximate surface area is 138 Å². The van der Waals surface area contributed by atoms with Gasteiger partial charge >= 0.3 is 6.09 Å². The highest BCUT2D eigenvalue weighted by atomic mass is 16.6. The van der Waals surface area contributed by atoms with Crippen molar-refractivity contribution >= 4 is 6.09 Å². The van der Waals surface area contributed by atoms with Crippen LogP contribution in [0.25, 0.3) is 0 Å². The first-order valence-electron chi connectivity index (χ1n) is 8.06. The Morgan fingerprint density at radius 2 is 1.87 bits per heavy atom. The topological polar surface area (TPSA) is 64.8 Å². The highest BCUT2D eigenvalue weighted by Crippen LogP contribution is 2.34. The van der Waals surface area contributed by atoms with E-state index in [1.807, 2.05) is 45.9 Å². The summed E-state index contributed by atoms with van der Waals surface area (Å²) in [6.07, 6.45) is 1.18. The molecule has 0 aromatic heterocycles. The molecular weight excluding hydrogens is 292 g/mol. The number of hydrogen-bond acceptors (Lipinski definition) is 4. The molecule has 5 nitrogen and oxygen atoms in total. The second-order valence-electron chi connectivity index (χ2n) is 7.30. The third-order valence-electron chi connectivity index (χ3n) is 4.28. The van der Waals surface area contributed by atoms with Gasteiger partial charge in [0.05, 0.1) is 7.11 Å². The molecule has 2 rings (SSSR count). The summed E-state index contributed by atoms with van der Waals surface area (Å²) in [5, 5.41) is 0. The van der Waals surface area contributed by atoms with Gasteiger partial charge in [-0.2, -0.15) is 0 Å². The molecule has 1 heterocycles. The molecule has 0 aliphatic carbocycles. The van der Waals surface area contributed by atoms with Crippen LogP contribution < -0.4 is 10.5 Å². The summed E-state index contributed by atoms with van der Waals surface area (Å²) in [4.78, 5) is 13.9. The van der Waals surface area contributed by atoms with Crippen molar-refractivity contribution in [3.63, 3.8) is 0 Å². The third-order valence-corrected chi connectivity index (χ3v) is 4.28. The lowest BCUT2D eigenvalue weighted by Gasteiger charge is -2.40. The number of methoxy groups -OCH3 is 1. The number of carbonyl (C=O) groups excluding carboxylic acids is 1. The molecule has 128 valence electrons. The van der Waals surface area contributed by atoms with Gasteiger partial charge in [0.15, 0.2) is 0 Å². The van der Waals surface area contributed by atoms with Gasteiger partial charge < -0.3 is 20.1 Å². The van der Waals surface area contributed by atoms with E-state index in [4.69, 9.17) is 15.2 Å². The molecule has 1 aromatic rings. The summed E-state index contributed by atoms with van der Waals surface area (Å²) >= 11 is 0. The predicted octanol–water partition coefficient (Wildman–Crippen LogP) is 3.19. The van der Waals surface area contributed by atoms with E-state index in [1.165, 1.54) is 0 Å². The van der Waals surface area contributed by atoms with Crippen molar-refractivity contribution in [2.45, 2.75) is 51.7 Å². The summed E-state index contributed by atoms with van der Waals surface area (Å²) in [6.45, 7) is 8.90. The molecule has 1 aliphatic rings. The molecule has 0 spiro atoms. The lowest BCUT2D eigenvalue weighted by atomic mass is 9.80. The molecule has 23 heavy (non-hydrogen) atoms. The van der Waals surface area contributed by atoms with Gasteiger partial charge in [-0.15, -0.1) is 0 Å². The van der Waals surface area contributed by atoms with Gasteiger partial charge in [0, 0.05) is 18.6 Å². The van der Waals surface area contributed by atoms with Crippen LogP contribution in [0.3, 0.4) is 0 Å². The van der Waals surface area contributed by atoms with Gasteiger partial charge in [-0.3, -0.25) is 0 Å². The fourth-order valence-electron chi connectivity index (χ4n) is 3.01. The van der Waals surface area contributed by atoms with E-state index in [1.54, 1.807) is 12.0 Å². The number of nitrogens with two attached hydrogens (primary N) is 1. The lowest BCUT2D eigenvalue weighted by molar-refractivity contribution is 0.0166. The van der Waals surface area contributed by atoms with Crippen LogP contribution in [0.15, 0.2) is 18.2 Å². The van der Waals surface area contributed by atoms with Gasteiger partial charge in [0.2, 0.25) is 0 Å². The van der Waals surface area contributed by atoms with E-state index in [0.717, 1.165) is 29.7 Å². The number of nitrogens with zero attached hydrogens (tertiary/aromatic N) is 1. The van der Waals surface area contributed by atoms with Crippen molar-refractivity contribution < 1.29 is 14.3 Å². The fraction of sp³-hybridized carbons (Fsp3) is 0.611. The highest BCUT2D eigenvalue weighted by molar-refractivity contribution is 5.68. The molecule has 0 saturated carbocycles. The van der Waals surface area contributed by atoms with Gasteiger partial charge in [0.25, 0.3) is 0 Å². The molecule has 1 saturated heterocycles. The minimum Gasteiger partial charge on any atom is -0.497 e. The Hall–Kier alpha value is -1.75. The maximum Gasteiger partial charge on any atom is 0.410 e. The predicted molar refractivity (Wildman–Crippen MR) is 90.6 cm³/mol. The lowest BCUT2D eigenvalue weighted by Crippen LogP contribution is -2.51. The number of amides is 1. The first-order chi connectivity index (χ1) is 10.6. The van der Waals surface area contributed by atoms with E-state index >= 15 is 0 Å². The van der Waals surface area contributed by atoms with Crippen LogP contribution in [-0.4, -0.2) is 36.8 Å². The van der Waals surface area contributed by atoms with Crippen LogP contribution in [-0.2, 0) is 10.3 Å². The molecule has 5 heteroatoms. The van der Waals surface area contributed by atoms with E-state index in [0.29, 0.717) is 13.1 Å². The number of piperidine rings is 1. The minimum absolute atomic E-state index is 0.258. The number of ether oxygens (including phenoxy) is 2. The number of carbonyl (C=O) groups is 1. The summed E-state index contributed by atoms with van der Waals surface area (Å²) in [5.74, 6) is 0.834. The second-order valence-corrected chi connectivity index (χ2v) is 7.30. The van der Waals surface area contributed by atoms with Crippen LogP contribution in [0, 0.1) is 6.92 Å². The van der Waals surface area contributed by atoms with Crippen LogP contribution in [0.4, 0.5) is 4.79 Å². The molecular formula is C18H28N2O3. The SMILES string of the molecule is COc1ccc(C2(N)CCN(C(=O)OC(C)(C)C)CC2)c(C)c1. The molecule has 1 fully saturated rings. The molecule has 1 aliphatic heterocycles. The average molecular weight is 320 g/mol. The molecule has 0 radical (unpaired) electrons. The van der Waals surface area contributed by atoms with E-state index in [9.17, 15) is 4.79 Å². The molecule has 1 aromatic carbocycles. The first kappa shape index (κ1) is 17.6. The van der Waals surface area contributed by atoms with Crippen molar-refractivity contribution in [1.29, 1.82) is 0 Å². The molecule has 0 unspecified atom stereocenters. The third kappa shape index (κ3) is 4.16. The Bertz CT molecular complexity index is 570. The number of hydrogen-bond donors (Lipinski definition) is 1. The molecule has 0 bridgehead atoms. The van der Waals surface area contributed by atoms with Crippen molar-refractivity contribution in [3.05, 3.63) is 29.3 Å². The van der Waals surface area contributed by atoms with Crippen molar-refractivity contribution in [2.75, 3.05) is 20.2 Å². The Morgan fingerprint density at radius 3 is 2.35 bits per heavy atom. The summed E-state index contributed by atoms with van der Waals surface area (Å²) in [6, 6.07) is 5.98. The Kier molecular flexibility index (Phi) is 4.90. The number of likely N-dealkylation sites (tertiary alicyclic amines) is 1. The smallest absolute Gasteiger partial charge is 0.410 e. The highest BCUT2D eigenvalue weighted by Gasteiger charge is 2.36. The standard InChI is InChI=1S/C18H28N2O3/c1-13-12-14(22-5)6-7-15(13)18(19)8-10-20(11-9-18)16(21)23-17(2,3)4/h6-7,12H,8-11,19H2,1-5H3. The van der Waals surface area contributed by atoms with Crippen molar-refractivity contribution in [2.24, 2.45) is 5.73 Å². The van der Waals surface area contributed by atoms with E-state index in [2.05, 4.69) is 0 Å². The van der Waals surface area contributed by atoms with Crippen LogP contribution in [0.1, 0.15) is 44.7 Å². The Balaban J connectivity index is 2.06. The summed E-state index contributed by atoms with van der Waals surface area (Å²) < 4.78 is 10.7. The quantitative estimate of drug-likeness (QED) is 0.909. The number of aryl methyl sites for hydroxylation is 1. The number of benzene rings is 1. The largest absolute Gasteiger partial charge is 0.497 e. The zero-order valence-electron chi connectivity index (χ0n) is 14.8. The first-order valence-corrected chi connectivity index (χ1v) is 8.06. The van der Waals surface area contributed by atoms with Gasteiger partial charge in [-0.25, -0.2) is 4.79 Å². The molecule has 0 atom stereocenters. The van der Waals surface area contributed by atoms with Crippen LogP contribution >= 0.6 is 0 Å². The fourth-order valence-corrected chi connectivity index (χ4v) is 3.01. The monoisotopic (exact) mass is 320 g/mol. The zero-order valence-corrected chi connectivity index (χ0v) is 14.8. The van der Waals surface area contributed by atoms with E-state index < -0.39 is 11.1 Å². The second kappa shape index (κ2) is 6.40. The van der Waals surface area contributed by atoms with Crippen molar-refractivity contribution in [1.82, 2.24) is 4.90 Å². The van der Waals surface area contributed by atoms with Gasteiger partial charge in [0.1, 0.15) is 11.4 Å². The molecule has 2 N–H and O–H groups in total. The van der Waals surface area contributed by atoms with Crippen molar-refractivity contribution in [3.8, 4) is 5.75 Å². The number of rotatable bonds is 2. The van der Waals surface area contributed by atoms with Crippen LogP contribution in [0.2, 0.25) is 0 Å². The van der Waals surface area contributed by atoms with E-state index in [-0.39, 0.29) is 6.09 Å². The summed E-state index contributed by atoms with van der Waals surface area (Å²) in [5.41, 5.74) is 8.01. The zero-order chi connectivity index (χ0) is 17.3.